The lowest BCUT2D eigenvalue weighted by atomic mass is 9.98. The Bertz CT molecular complexity index is 965. The molecule has 2 N–H and O–H groups in total. The third-order valence-corrected chi connectivity index (χ3v) is 6.69. The van der Waals surface area contributed by atoms with Crippen LogP contribution in [-0.2, 0) is 14.3 Å². The average Bonchev–Trinajstić information content (AvgIpc) is 3.36. The van der Waals surface area contributed by atoms with Gasteiger partial charge in [-0.1, -0.05) is 48.5 Å². The average molecular weight is 441 g/mol. The first-order valence-corrected chi connectivity index (χ1v) is 11.3. The summed E-state index contributed by atoms with van der Waals surface area (Å²) in [4.78, 5) is 37.4. The highest BCUT2D eigenvalue weighted by atomic mass is 32.2. The molecule has 8 heteroatoms. The van der Waals surface area contributed by atoms with E-state index in [1.165, 1.54) is 16.7 Å². The third-order valence-electron chi connectivity index (χ3n) is 5.68. The maximum absolute atomic E-state index is 12.5. The molecule has 0 spiro atoms. The first-order chi connectivity index (χ1) is 15.0. The summed E-state index contributed by atoms with van der Waals surface area (Å²) in [5, 5.41) is 11.9. The first kappa shape index (κ1) is 21.2. The molecule has 0 bridgehead atoms. The van der Waals surface area contributed by atoms with Gasteiger partial charge >= 0.3 is 12.1 Å². The number of benzene rings is 2. The molecular weight excluding hydrogens is 416 g/mol. The van der Waals surface area contributed by atoms with Gasteiger partial charge in [0.1, 0.15) is 12.6 Å². The van der Waals surface area contributed by atoms with Gasteiger partial charge < -0.3 is 20.1 Å². The van der Waals surface area contributed by atoms with Gasteiger partial charge in [0.2, 0.25) is 5.91 Å². The molecule has 162 valence electrons. The monoisotopic (exact) mass is 440 g/mol. The second kappa shape index (κ2) is 9.01. The van der Waals surface area contributed by atoms with Crippen LogP contribution in [0.15, 0.2) is 48.5 Å². The second-order valence-corrected chi connectivity index (χ2v) is 8.79. The Morgan fingerprint density at radius 1 is 1.13 bits per heavy atom. The number of fused-ring (bicyclic) bond motifs is 3. The molecule has 1 unspecified atom stereocenters. The summed E-state index contributed by atoms with van der Waals surface area (Å²) in [7, 11) is 0. The van der Waals surface area contributed by atoms with E-state index in [1.54, 1.807) is 6.92 Å². The molecular formula is C23H24N2O5S. The number of amides is 2. The van der Waals surface area contributed by atoms with Crippen molar-refractivity contribution in [1.29, 1.82) is 0 Å². The zero-order valence-electron chi connectivity index (χ0n) is 17.1. The molecule has 7 nitrogen and oxygen atoms in total. The van der Waals surface area contributed by atoms with Crippen LogP contribution in [-0.4, -0.2) is 58.3 Å². The van der Waals surface area contributed by atoms with E-state index < -0.39 is 24.1 Å². The molecule has 0 radical (unpaired) electrons. The molecule has 1 heterocycles. The number of hydrogen-bond acceptors (Lipinski definition) is 5. The molecule has 1 aliphatic heterocycles. The summed E-state index contributed by atoms with van der Waals surface area (Å²) < 4.78 is 5.50. The first-order valence-electron chi connectivity index (χ1n) is 10.2. The van der Waals surface area contributed by atoms with E-state index in [4.69, 9.17) is 4.74 Å². The molecule has 4 rings (SSSR count). The number of aliphatic carboxylic acids is 1. The molecule has 0 aromatic heterocycles. The van der Waals surface area contributed by atoms with Crippen LogP contribution < -0.4 is 5.32 Å². The van der Waals surface area contributed by atoms with E-state index in [2.05, 4.69) is 29.6 Å². The molecule has 1 aliphatic carbocycles. The van der Waals surface area contributed by atoms with Gasteiger partial charge in [-0.25, -0.2) is 9.59 Å². The molecule has 1 saturated heterocycles. The molecule has 2 atom stereocenters. The number of alkyl carbamates (subject to hydrolysis) is 1. The van der Waals surface area contributed by atoms with Crippen molar-refractivity contribution in [2.45, 2.75) is 31.3 Å². The van der Waals surface area contributed by atoms with Gasteiger partial charge in [0.05, 0.1) is 5.88 Å². The number of nitrogens with one attached hydrogen (secondary N) is 1. The van der Waals surface area contributed by atoms with Crippen molar-refractivity contribution in [3.05, 3.63) is 59.7 Å². The predicted octanol–water partition coefficient (Wildman–Crippen LogP) is 3.29. The van der Waals surface area contributed by atoms with Crippen molar-refractivity contribution in [3.63, 3.8) is 0 Å². The number of rotatable bonds is 6. The van der Waals surface area contributed by atoms with Crippen molar-refractivity contribution in [1.82, 2.24) is 10.2 Å². The largest absolute Gasteiger partial charge is 0.480 e. The second-order valence-electron chi connectivity index (χ2n) is 7.79. The highest BCUT2D eigenvalue weighted by Crippen LogP contribution is 2.44. The van der Waals surface area contributed by atoms with Crippen molar-refractivity contribution >= 4 is 29.7 Å². The van der Waals surface area contributed by atoms with Crippen molar-refractivity contribution < 1.29 is 24.2 Å². The van der Waals surface area contributed by atoms with Crippen molar-refractivity contribution in [3.8, 4) is 11.1 Å². The van der Waals surface area contributed by atoms with E-state index in [0.717, 1.165) is 22.3 Å². The van der Waals surface area contributed by atoms with Crippen LogP contribution in [0.4, 0.5) is 4.79 Å². The minimum absolute atomic E-state index is 0.0224. The van der Waals surface area contributed by atoms with Gasteiger partial charge in [0.25, 0.3) is 0 Å². The molecule has 1 fully saturated rings. The van der Waals surface area contributed by atoms with Gasteiger partial charge in [0, 0.05) is 24.1 Å². The summed E-state index contributed by atoms with van der Waals surface area (Å²) in [6.45, 7) is 1.91. The van der Waals surface area contributed by atoms with Crippen molar-refractivity contribution in [2.24, 2.45) is 0 Å². The summed E-state index contributed by atoms with van der Waals surface area (Å²) in [6.07, 6.45) is -0.568. The van der Waals surface area contributed by atoms with Crippen LogP contribution in [0.3, 0.4) is 0 Å². The van der Waals surface area contributed by atoms with Gasteiger partial charge in [-0.2, -0.15) is 0 Å². The van der Waals surface area contributed by atoms with E-state index in [9.17, 15) is 19.5 Å². The van der Waals surface area contributed by atoms with E-state index in [-0.39, 0.29) is 24.9 Å². The number of hydrogen-bond donors (Lipinski definition) is 2. The number of carboxylic acid groups (broad SMARTS) is 1. The molecule has 2 aliphatic rings. The normalized spacial score (nSPS) is 18.2. The molecule has 2 amide bonds. The Kier molecular flexibility index (Phi) is 6.18. The predicted molar refractivity (Wildman–Crippen MR) is 118 cm³/mol. The SMILES string of the molecule is C[C@H](CC(=O)N1CSCC1C(=O)O)NC(=O)OCC1c2ccccc2-c2ccccc21. The van der Waals surface area contributed by atoms with Crippen LogP contribution in [0.25, 0.3) is 11.1 Å². The summed E-state index contributed by atoms with van der Waals surface area (Å²) in [5.41, 5.74) is 4.57. The van der Waals surface area contributed by atoms with Crippen LogP contribution in [0.2, 0.25) is 0 Å². The number of carboxylic acids is 1. The number of carbonyl (C=O) groups is 3. The van der Waals surface area contributed by atoms with Gasteiger partial charge in [-0.05, 0) is 29.2 Å². The highest BCUT2D eigenvalue weighted by Gasteiger charge is 2.35. The topological polar surface area (TPSA) is 95.9 Å². The lowest BCUT2D eigenvalue weighted by molar-refractivity contribution is -0.147. The van der Waals surface area contributed by atoms with E-state index in [1.807, 2.05) is 24.3 Å². The Labute approximate surface area is 184 Å². The zero-order valence-corrected chi connectivity index (χ0v) is 17.9. The Morgan fingerprint density at radius 3 is 2.35 bits per heavy atom. The molecule has 2 aromatic rings. The van der Waals surface area contributed by atoms with Gasteiger partial charge in [0.15, 0.2) is 0 Å². The standard InChI is InChI=1S/C23H24N2O5S/c1-14(10-21(26)25-13-31-12-20(25)22(27)28)24-23(29)30-11-19-17-8-4-2-6-15(17)16-7-3-5-9-18(16)19/h2-9,14,19-20H,10-13H2,1H3,(H,24,29)(H,27,28)/t14-,20?/m1/s1. The van der Waals surface area contributed by atoms with Crippen LogP contribution in [0, 0.1) is 0 Å². The van der Waals surface area contributed by atoms with E-state index in [0.29, 0.717) is 11.6 Å². The zero-order chi connectivity index (χ0) is 22.0. The fourth-order valence-corrected chi connectivity index (χ4v) is 5.34. The maximum atomic E-state index is 12.5. The minimum atomic E-state index is -1.00. The Morgan fingerprint density at radius 2 is 1.74 bits per heavy atom. The number of ether oxygens (including phenoxy) is 1. The summed E-state index contributed by atoms with van der Waals surface area (Å²) in [5.74, 6) is -0.588. The number of carbonyl (C=O) groups excluding carboxylic acids is 2. The minimum Gasteiger partial charge on any atom is -0.480 e. The third kappa shape index (κ3) is 4.39. The van der Waals surface area contributed by atoms with Crippen LogP contribution in [0.5, 0.6) is 0 Å². The fourth-order valence-electron chi connectivity index (χ4n) is 4.16. The Balaban J connectivity index is 1.32. The Hall–Kier alpha value is -3.00. The number of thioether (sulfide) groups is 1. The smallest absolute Gasteiger partial charge is 0.407 e. The van der Waals surface area contributed by atoms with E-state index >= 15 is 0 Å². The highest BCUT2D eigenvalue weighted by molar-refractivity contribution is 7.99. The number of nitrogens with zero attached hydrogens (tertiary/aromatic N) is 1. The molecule has 31 heavy (non-hydrogen) atoms. The van der Waals surface area contributed by atoms with Gasteiger partial charge in [-0.15, -0.1) is 11.8 Å². The maximum Gasteiger partial charge on any atom is 0.407 e. The molecule has 2 aromatic carbocycles. The van der Waals surface area contributed by atoms with Gasteiger partial charge in [-0.3, -0.25) is 4.79 Å². The fraction of sp³-hybridized carbons (Fsp3) is 0.348. The van der Waals surface area contributed by atoms with Crippen LogP contribution >= 0.6 is 11.8 Å². The molecule has 0 saturated carbocycles. The lowest BCUT2D eigenvalue weighted by Gasteiger charge is -2.23. The quantitative estimate of drug-likeness (QED) is 0.716. The summed E-state index contributed by atoms with van der Waals surface area (Å²) >= 11 is 1.41. The van der Waals surface area contributed by atoms with Crippen molar-refractivity contribution in [2.75, 3.05) is 18.2 Å². The van der Waals surface area contributed by atoms with Crippen LogP contribution in [0.1, 0.15) is 30.4 Å². The lowest BCUT2D eigenvalue weighted by Crippen LogP contribution is -2.44. The summed E-state index contributed by atoms with van der Waals surface area (Å²) in [6, 6.07) is 14.9.